The third-order valence-corrected chi connectivity index (χ3v) is 4.07. The third-order valence-electron chi connectivity index (χ3n) is 3.79. The normalized spacial score (nSPS) is 15.4. The molecule has 6 nitrogen and oxygen atoms in total. The molecular weight excluding hydrogens is 318 g/mol. The molecule has 3 rings (SSSR count). The molecule has 0 aromatic carbocycles. The molecule has 2 aromatic rings. The number of rotatable bonds is 3. The highest BCUT2D eigenvalue weighted by molar-refractivity contribution is 6.30. The number of aromatic nitrogens is 2. The van der Waals surface area contributed by atoms with E-state index in [-0.39, 0.29) is 17.0 Å². The van der Waals surface area contributed by atoms with Gasteiger partial charge in [0, 0.05) is 44.5 Å². The van der Waals surface area contributed by atoms with Gasteiger partial charge in [-0.25, -0.2) is 0 Å². The van der Waals surface area contributed by atoms with E-state index in [0.29, 0.717) is 18.7 Å². The maximum absolute atomic E-state index is 12.4. The average Bonchev–Trinajstić information content (AvgIpc) is 2.58. The smallest absolute Gasteiger partial charge is 0.266 e. The number of hydrogen-bond acceptors (Lipinski definition) is 4. The fourth-order valence-electron chi connectivity index (χ4n) is 2.55. The van der Waals surface area contributed by atoms with Gasteiger partial charge in [-0.15, -0.1) is 0 Å². The standard InChI is InChI=1S/C16H16ClN3O3/c17-14-9-11(10-19-15(14)21)16(22)20-7-3-13(4-8-20)23-12-1-5-18-6-2-12/h1-2,5-6,9-10,13H,3-4,7-8H2,(H,19,21). The molecule has 1 N–H and O–H groups in total. The Morgan fingerprint density at radius 1 is 1.30 bits per heavy atom. The molecule has 2 aromatic heterocycles. The SMILES string of the molecule is O=C(c1c[nH]c(=O)c(Cl)c1)N1CCC(Oc2ccncc2)CC1. The van der Waals surface area contributed by atoms with E-state index in [4.69, 9.17) is 16.3 Å². The Bertz CT molecular complexity index is 740. The first kappa shape index (κ1) is 15.6. The first-order valence-corrected chi connectivity index (χ1v) is 7.75. The number of aromatic amines is 1. The summed E-state index contributed by atoms with van der Waals surface area (Å²) < 4.78 is 5.88. The van der Waals surface area contributed by atoms with Gasteiger partial charge in [0.15, 0.2) is 0 Å². The van der Waals surface area contributed by atoms with Crippen molar-refractivity contribution in [1.82, 2.24) is 14.9 Å². The molecule has 7 heteroatoms. The van der Waals surface area contributed by atoms with Gasteiger partial charge in [0.2, 0.25) is 0 Å². The number of nitrogens with one attached hydrogen (secondary N) is 1. The lowest BCUT2D eigenvalue weighted by Crippen LogP contribution is -2.42. The first-order chi connectivity index (χ1) is 11.1. The van der Waals surface area contributed by atoms with Gasteiger partial charge in [-0.1, -0.05) is 11.6 Å². The first-order valence-electron chi connectivity index (χ1n) is 7.37. The van der Waals surface area contributed by atoms with Crippen LogP contribution >= 0.6 is 11.6 Å². The molecule has 1 amide bonds. The highest BCUT2D eigenvalue weighted by atomic mass is 35.5. The molecule has 0 unspecified atom stereocenters. The van der Waals surface area contributed by atoms with Gasteiger partial charge in [-0.3, -0.25) is 14.6 Å². The van der Waals surface area contributed by atoms with Gasteiger partial charge in [0.1, 0.15) is 16.9 Å². The van der Waals surface area contributed by atoms with E-state index in [9.17, 15) is 9.59 Å². The Balaban J connectivity index is 1.59. The van der Waals surface area contributed by atoms with Gasteiger partial charge in [-0.2, -0.15) is 0 Å². The van der Waals surface area contributed by atoms with Crippen LogP contribution in [0.3, 0.4) is 0 Å². The number of carbonyl (C=O) groups is 1. The van der Waals surface area contributed by atoms with E-state index in [1.165, 1.54) is 12.3 Å². The molecule has 0 atom stereocenters. The van der Waals surface area contributed by atoms with Crippen molar-refractivity contribution in [3.8, 4) is 5.75 Å². The number of likely N-dealkylation sites (tertiary alicyclic amines) is 1. The van der Waals surface area contributed by atoms with Crippen molar-refractivity contribution in [1.29, 1.82) is 0 Å². The monoisotopic (exact) mass is 333 g/mol. The van der Waals surface area contributed by atoms with Crippen molar-refractivity contribution >= 4 is 17.5 Å². The number of hydrogen-bond donors (Lipinski definition) is 1. The van der Waals surface area contributed by atoms with Crippen molar-refractivity contribution in [2.75, 3.05) is 13.1 Å². The number of H-pyrrole nitrogens is 1. The number of piperidine rings is 1. The summed E-state index contributed by atoms with van der Waals surface area (Å²) in [5, 5.41) is 0.0201. The second kappa shape index (κ2) is 6.83. The Labute approximate surface area is 138 Å². The van der Waals surface area contributed by atoms with Crippen LogP contribution in [0.5, 0.6) is 5.75 Å². The second-order valence-electron chi connectivity index (χ2n) is 5.36. The fraction of sp³-hybridized carbons (Fsp3) is 0.312. The van der Waals surface area contributed by atoms with E-state index >= 15 is 0 Å². The Morgan fingerprint density at radius 3 is 2.65 bits per heavy atom. The van der Waals surface area contributed by atoms with Crippen molar-refractivity contribution in [3.63, 3.8) is 0 Å². The van der Waals surface area contributed by atoms with Gasteiger partial charge >= 0.3 is 0 Å². The average molecular weight is 334 g/mol. The zero-order chi connectivity index (χ0) is 16.2. The maximum atomic E-state index is 12.4. The van der Waals surface area contributed by atoms with E-state index in [0.717, 1.165) is 18.6 Å². The minimum absolute atomic E-state index is 0.0201. The van der Waals surface area contributed by atoms with Crippen LogP contribution in [0.2, 0.25) is 5.02 Å². The van der Waals surface area contributed by atoms with Gasteiger partial charge in [-0.05, 0) is 18.2 Å². The molecule has 0 spiro atoms. The molecule has 3 heterocycles. The summed E-state index contributed by atoms with van der Waals surface area (Å²) in [4.78, 5) is 31.8. The molecule has 0 aliphatic carbocycles. The van der Waals surface area contributed by atoms with Crippen molar-refractivity contribution in [2.45, 2.75) is 18.9 Å². The number of pyridine rings is 2. The Hall–Kier alpha value is -2.34. The summed E-state index contributed by atoms with van der Waals surface area (Å²) in [7, 11) is 0. The largest absolute Gasteiger partial charge is 0.490 e. The summed E-state index contributed by atoms with van der Waals surface area (Å²) in [5.41, 5.74) is -0.00391. The minimum atomic E-state index is -0.396. The second-order valence-corrected chi connectivity index (χ2v) is 5.76. The minimum Gasteiger partial charge on any atom is -0.490 e. The Morgan fingerprint density at radius 2 is 2.00 bits per heavy atom. The maximum Gasteiger partial charge on any atom is 0.266 e. The predicted molar refractivity (Wildman–Crippen MR) is 85.9 cm³/mol. The number of carbonyl (C=O) groups excluding carboxylic acids is 1. The lowest BCUT2D eigenvalue weighted by molar-refractivity contribution is 0.0595. The Kier molecular flexibility index (Phi) is 4.62. The summed E-state index contributed by atoms with van der Waals surface area (Å²) in [5.74, 6) is 0.655. The van der Waals surface area contributed by atoms with Crippen LogP contribution in [0.25, 0.3) is 0 Å². The van der Waals surface area contributed by atoms with Crippen LogP contribution in [0.1, 0.15) is 23.2 Å². The number of amides is 1. The topological polar surface area (TPSA) is 75.3 Å². The molecule has 1 aliphatic heterocycles. The molecule has 0 bridgehead atoms. The predicted octanol–water partition coefficient (Wildman–Crippen LogP) is 2.11. The molecule has 0 radical (unpaired) electrons. The van der Waals surface area contributed by atoms with Crippen LogP contribution in [0, 0.1) is 0 Å². The van der Waals surface area contributed by atoms with E-state index in [1.54, 1.807) is 17.3 Å². The van der Waals surface area contributed by atoms with Crippen LogP contribution in [0.15, 0.2) is 41.6 Å². The third kappa shape index (κ3) is 3.71. The molecule has 1 aliphatic rings. The quantitative estimate of drug-likeness (QED) is 0.933. The van der Waals surface area contributed by atoms with E-state index < -0.39 is 5.56 Å². The molecule has 120 valence electrons. The number of nitrogens with zero attached hydrogens (tertiary/aromatic N) is 2. The molecule has 1 fully saturated rings. The van der Waals surface area contributed by atoms with Crippen LogP contribution in [0.4, 0.5) is 0 Å². The number of halogens is 1. The van der Waals surface area contributed by atoms with E-state index in [1.807, 2.05) is 12.1 Å². The van der Waals surface area contributed by atoms with Crippen LogP contribution < -0.4 is 10.3 Å². The summed E-state index contributed by atoms with van der Waals surface area (Å²) in [6, 6.07) is 5.04. The molecule has 0 saturated carbocycles. The van der Waals surface area contributed by atoms with Crippen molar-refractivity contribution in [3.05, 3.63) is 57.7 Å². The molecule has 23 heavy (non-hydrogen) atoms. The van der Waals surface area contributed by atoms with Crippen LogP contribution in [-0.2, 0) is 0 Å². The van der Waals surface area contributed by atoms with Crippen LogP contribution in [-0.4, -0.2) is 40.0 Å². The molecule has 1 saturated heterocycles. The van der Waals surface area contributed by atoms with E-state index in [2.05, 4.69) is 9.97 Å². The summed E-state index contributed by atoms with van der Waals surface area (Å²) >= 11 is 5.77. The lowest BCUT2D eigenvalue weighted by Gasteiger charge is -2.32. The molecular formula is C16H16ClN3O3. The van der Waals surface area contributed by atoms with Gasteiger partial charge in [0.05, 0.1) is 5.56 Å². The zero-order valence-electron chi connectivity index (χ0n) is 12.4. The number of ether oxygens (including phenoxy) is 1. The summed E-state index contributed by atoms with van der Waals surface area (Å²) in [6.45, 7) is 1.21. The van der Waals surface area contributed by atoms with Crippen molar-refractivity contribution in [2.24, 2.45) is 0 Å². The van der Waals surface area contributed by atoms with Gasteiger partial charge < -0.3 is 14.6 Å². The fourth-order valence-corrected chi connectivity index (χ4v) is 2.72. The van der Waals surface area contributed by atoms with Crippen molar-refractivity contribution < 1.29 is 9.53 Å². The highest BCUT2D eigenvalue weighted by Gasteiger charge is 2.25. The highest BCUT2D eigenvalue weighted by Crippen LogP contribution is 2.19. The van der Waals surface area contributed by atoms with Gasteiger partial charge in [0.25, 0.3) is 11.5 Å². The summed E-state index contributed by atoms with van der Waals surface area (Å²) in [6.07, 6.45) is 6.37. The lowest BCUT2D eigenvalue weighted by atomic mass is 10.1. The zero-order valence-corrected chi connectivity index (χ0v) is 13.1.